The van der Waals surface area contributed by atoms with Crippen molar-refractivity contribution >= 4 is 45.4 Å². The molecule has 15 heteroatoms. The fourth-order valence-electron chi connectivity index (χ4n) is 3.96. The number of hydrogen-bond acceptors (Lipinski definition) is 7. The molecule has 3 rings (SSSR count). The molecular formula is C24H29N7O7S. The molecule has 8 N–H and O–H groups in total. The van der Waals surface area contributed by atoms with Crippen LogP contribution in [-0.2, 0) is 24.4 Å². The number of amides is 3. The van der Waals surface area contributed by atoms with E-state index in [1.807, 2.05) is 0 Å². The maximum absolute atomic E-state index is 13.0. The van der Waals surface area contributed by atoms with Crippen LogP contribution in [0.2, 0.25) is 0 Å². The van der Waals surface area contributed by atoms with E-state index in [1.165, 1.54) is 24.3 Å². The molecule has 1 saturated heterocycles. The fourth-order valence-corrected chi connectivity index (χ4v) is 5.63. The number of para-hydroxylation sites is 1. The molecule has 0 unspecified atom stereocenters. The summed E-state index contributed by atoms with van der Waals surface area (Å²) in [4.78, 5) is 49.4. The lowest BCUT2D eigenvalue weighted by Gasteiger charge is -2.25. The van der Waals surface area contributed by atoms with Crippen molar-refractivity contribution in [1.82, 2.24) is 20.3 Å². The van der Waals surface area contributed by atoms with Crippen molar-refractivity contribution in [2.75, 3.05) is 25.0 Å². The number of nitrogens with zero attached hydrogens (tertiary/aromatic N) is 1. The summed E-state index contributed by atoms with van der Waals surface area (Å²) in [6, 6.07) is 11.1. The molecule has 2 aromatic rings. The van der Waals surface area contributed by atoms with Crippen LogP contribution < -0.4 is 27.0 Å². The highest BCUT2D eigenvalue weighted by atomic mass is 32.2. The average molecular weight is 560 g/mol. The fraction of sp³-hybridized carbons (Fsp3) is 0.292. The number of hydrogen-bond donors (Lipinski definition) is 7. The highest BCUT2D eigenvalue weighted by molar-refractivity contribution is 7.89. The molecule has 39 heavy (non-hydrogen) atoms. The van der Waals surface area contributed by atoms with Gasteiger partial charge in [0, 0.05) is 13.1 Å². The second-order valence-corrected chi connectivity index (χ2v) is 10.4. The standard InChI is InChI=1S/C24H29N7O7S/c25-24(26)30-17-10-5-4-9-16(17)21(33)28-14-20(32)27-13-18(23(35)36)29-22(34)19-11-6-12-31(19)39(37,38)15-7-2-1-3-8-15/h1-5,7-10,18-19H,6,11-14H2,(H,27,32)(H,28,33)(H,29,34)(H,35,36)(H4,25,26,30)/t18-,19-/m0/s1. The first-order chi connectivity index (χ1) is 18.5. The maximum Gasteiger partial charge on any atom is 0.328 e. The summed E-state index contributed by atoms with van der Waals surface area (Å²) in [5.41, 5.74) is 5.69. The van der Waals surface area contributed by atoms with E-state index >= 15 is 0 Å². The third-order valence-corrected chi connectivity index (χ3v) is 7.75. The lowest BCUT2D eigenvalue weighted by atomic mass is 10.1. The first-order valence-corrected chi connectivity index (χ1v) is 13.3. The third kappa shape index (κ3) is 7.52. The zero-order chi connectivity index (χ0) is 28.6. The van der Waals surface area contributed by atoms with Crippen LogP contribution in [0.25, 0.3) is 0 Å². The third-order valence-electron chi connectivity index (χ3n) is 5.82. The van der Waals surface area contributed by atoms with Crippen molar-refractivity contribution in [2.45, 2.75) is 29.8 Å². The summed E-state index contributed by atoms with van der Waals surface area (Å²) < 4.78 is 27.1. The molecule has 3 amide bonds. The number of anilines is 1. The smallest absolute Gasteiger partial charge is 0.328 e. The van der Waals surface area contributed by atoms with Gasteiger partial charge in [-0.25, -0.2) is 13.2 Å². The minimum absolute atomic E-state index is 0.0218. The van der Waals surface area contributed by atoms with Crippen LogP contribution in [-0.4, -0.2) is 79.2 Å². The van der Waals surface area contributed by atoms with Crippen LogP contribution in [0.1, 0.15) is 23.2 Å². The first-order valence-electron chi connectivity index (χ1n) is 11.9. The SMILES string of the molecule is N=C(N)Nc1ccccc1C(=O)NCC(=O)NC[C@H](NC(=O)[C@@H]1CCCN1S(=O)(=O)c1ccccc1)C(=O)O. The Morgan fingerprint density at radius 2 is 1.72 bits per heavy atom. The molecule has 1 fully saturated rings. The topological polar surface area (TPSA) is 224 Å². The van der Waals surface area contributed by atoms with Gasteiger partial charge in [-0.05, 0) is 37.1 Å². The van der Waals surface area contributed by atoms with Crippen LogP contribution in [0.3, 0.4) is 0 Å². The quantitative estimate of drug-likeness (QED) is 0.136. The van der Waals surface area contributed by atoms with Crippen LogP contribution in [0.15, 0.2) is 59.5 Å². The highest BCUT2D eigenvalue weighted by Gasteiger charge is 2.40. The van der Waals surface area contributed by atoms with Crippen molar-refractivity contribution < 1.29 is 32.7 Å². The second kappa shape index (κ2) is 12.8. The highest BCUT2D eigenvalue weighted by Crippen LogP contribution is 2.26. The maximum atomic E-state index is 13.0. The van der Waals surface area contributed by atoms with Gasteiger partial charge in [-0.15, -0.1) is 0 Å². The van der Waals surface area contributed by atoms with Gasteiger partial charge in [0.25, 0.3) is 5.91 Å². The van der Waals surface area contributed by atoms with E-state index in [1.54, 1.807) is 30.3 Å². The van der Waals surface area contributed by atoms with Gasteiger partial charge in [0.2, 0.25) is 21.8 Å². The lowest BCUT2D eigenvalue weighted by Crippen LogP contribution is -2.54. The number of carboxylic acids is 1. The van der Waals surface area contributed by atoms with Crippen molar-refractivity contribution in [2.24, 2.45) is 5.73 Å². The molecule has 2 atom stereocenters. The van der Waals surface area contributed by atoms with Crippen LogP contribution >= 0.6 is 0 Å². The summed E-state index contributed by atoms with van der Waals surface area (Å²) in [6.45, 7) is -0.899. The molecule has 1 heterocycles. The van der Waals surface area contributed by atoms with Crippen LogP contribution in [0.4, 0.5) is 5.69 Å². The van der Waals surface area contributed by atoms with Gasteiger partial charge in [-0.2, -0.15) is 4.31 Å². The number of rotatable bonds is 11. The Hall–Kier alpha value is -4.50. The molecule has 0 aliphatic carbocycles. The summed E-state index contributed by atoms with van der Waals surface area (Å²) in [6.07, 6.45) is 0.631. The van der Waals surface area contributed by atoms with E-state index < -0.39 is 58.9 Å². The minimum Gasteiger partial charge on any atom is -0.480 e. The Morgan fingerprint density at radius 3 is 2.38 bits per heavy atom. The van der Waals surface area contributed by atoms with Crippen LogP contribution in [0.5, 0.6) is 0 Å². The van der Waals surface area contributed by atoms with E-state index in [-0.39, 0.29) is 35.1 Å². The van der Waals surface area contributed by atoms with E-state index in [0.29, 0.717) is 6.42 Å². The predicted octanol–water partition coefficient (Wildman–Crippen LogP) is -0.739. The zero-order valence-corrected chi connectivity index (χ0v) is 21.5. The monoisotopic (exact) mass is 559 g/mol. The van der Waals surface area contributed by atoms with Crippen molar-refractivity contribution in [3.05, 3.63) is 60.2 Å². The number of carboxylic acid groups (broad SMARTS) is 1. The Kier molecular flexibility index (Phi) is 9.57. The van der Waals surface area contributed by atoms with Crippen molar-refractivity contribution in [1.29, 1.82) is 5.41 Å². The van der Waals surface area contributed by atoms with Gasteiger partial charge in [0.1, 0.15) is 12.1 Å². The first kappa shape index (κ1) is 29.1. The number of aliphatic carboxylic acids is 1. The van der Waals surface area contributed by atoms with E-state index in [9.17, 15) is 32.7 Å². The molecule has 0 bridgehead atoms. The molecule has 2 aromatic carbocycles. The Balaban J connectivity index is 1.56. The predicted molar refractivity (Wildman–Crippen MR) is 140 cm³/mol. The molecule has 0 aromatic heterocycles. The van der Waals surface area contributed by atoms with Gasteiger partial charge in [0.05, 0.1) is 22.7 Å². The summed E-state index contributed by atoms with van der Waals surface area (Å²) in [5.74, 6) is -3.98. The van der Waals surface area contributed by atoms with Gasteiger partial charge < -0.3 is 32.1 Å². The largest absolute Gasteiger partial charge is 0.480 e. The second-order valence-electron chi connectivity index (χ2n) is 8.56. The molecule has 0 spiro atoms. The summed E-state index contributed by atoms with van der Waals surface area (Å²) in [5, 5.41) is 26.4. The number of benzene rings is 2. The Labute approximate surface area is 224 Å². The lowest BCUT2D eigenvalue weighted by molar-refractivity contribution is -0.142. The number of nitrogens with one attached hydrogen (secondary N) is 5. The summed E-state index contributed by atoms with van der Waals surface area (Å²) >= 11 is 0. The van der Waals surface area contributed by atoms with Crippen molar-refractivity contribution in [3.8, 4) is 0 Å². The molecule has 208 valence electrons. The van der Waals surface area contributed by atoms with Gasteiger partial charge in [-0.3, -0.25) is 19.8 Å². The van der Waals surface area contributed by atoms with E-state index in [0.717, 1.165) is 4.31 Å². The van der Waals surface area contributed by atoms with E-state index in [4.69, 9.17) is 11.1 Å². The number of guanidine groups is 1. The number of carbonyl (C=O) groups excluding carboxylic acids is 3. The normalized spacial score (nSPS) is 16.1. The Morgan fingerprint density at radius 1 is 1.05 bits per heavy atom. The molecule has 1 aliphatic rings. The average Bonchev–Trinajstić information content (AvgIpc) is 3.41. The number of nitrogens with two attached hydrogens (primary N) is 1. The zero-order valence-electron chi connectivity index (χ0n) is 20.7. The van der Waals surface area contributed by atoms with Gasteiger partial charge >= 0.3 is 5.97 Å². The molecule has 1 aliphatic heterocycles. The summed E-state index contributed by atoms with van der Waals surface area (Å²) in [7, 11) is -3.97. The molecule has 14 nitrogen and oxygen atoms in total. The van der Waals surface area contributed by atoms with Gasteiger partial charge in [-0.1, -0.05) is 30.3 Å². The number of sulfonamides is 1. The van der Waals surface area contributed by atoms with E-state index in [2.05, 4.69) is 21.3 Å². The molecular weight excluding hydrogens is 530 g/mol. The molecule has 0 radical (unpaired) electrons. The molecule has 0 saturated carbocycles. The van der Waals surface area contributed by atoms with Crippen LogP contribution in [0, 0.1) is 5.41 Å². The van der Waals surface area contributed by atoms with Crippen molar-refractivity contribution in [3.63, 3.8) is 0 Å². The Bertz CT molecular complexity index is 1350. The number of carbonyl (C=O) groups is 4. The minimum atomic E-state index is -3.97. The van der Waals surface area contributed by atoms with Gasteiger partial charge in [0.15, 0.2) is 5.96 Å².